The number of hydrogen-bond acceptors (Lipinski definition) is 6. The summed E-state index contributed by atoms with van der Waals surface area (Å²) < 4.78 is 18.7. The van der Waals surface area contributed by atoms with Gasteiger partial charge in [0, 0.05) is 37.5 Å². The molecule has 4 aliphatic carbocycles. The second-order valence-electron chi connectivity index (χ2n) is 13.8. The average Bonchev–Trinajstić information content (AvgIpc) is 3.23. The zero-order valence-corrected chi connectivity index (χ0v) is 22.2. The van der Waals surface area contributed by atoms with Crippen LogP contribution in [0.25, 0.3) is 0 Å². The zero-order chi connectivity index (χ0) is 25.0. The second-order valence-corrected chi connectivity index (χ2v) is 13.8. The first-order chi connectivity index (χ1) is 16.4. The smallest absolute Gasteiger partial charge is 0.302 e. The molecule has 0 amide bonds. The third-order valence-corrected chi connectivity index (χ3v) is 12.2. The van der Waals surface area contributed by atoms with E-state index in [0.29, 0.717) is 41.9 Å². The normalized spacial score (nSPS) is 57.3. The lowest BCUT2D eigenvalue weighted by atomic mass is 9.42. The van der Waals surface area contributed by atoms with Gasteiger partial charge in [-0.2, -0.15) is 0 Å². The number of hydrogen-bond donors (Lipinski definition) is 1. The number of ether oxygens (including phenoxy) is 3. The van der Waals surface area contributed by atoms with Gasteiger partial charge in [0.05, 0.1) is 12.7 Å². The maximum atomic E-state index is 13.7. The fourth-order valence-electron chi connectivity index (χ4n) is 10.4. The molecule has 6 aliphatic rings. The molecule has 0 radical (unpaired) electrons. The van der Waals surface area contributed by atoms with Crippen LogP contribution in [0.5, 0.6) is 0 Å². The van der Waals surface area contributed by atoms with E-state index in [1.54, 1.807) is 0 Å². The van der Waals surface area contributed by atoms with E-state index >= 15 is 0 Å². The lowest BCUT2D eigenvalue weighted by Crippen LogP contribution is -2.67. The molecule has 0 aromatic heterocycles. The summed E-state index contributed by atoms with van der Waals surface area (Å²) in [5, 5.41) is 11.9. The molecule has 6 heteroatoms. The van der Waals surface area contributed by atoms with Crippen molar-refractivity contribution in [1.82, 2.24) is 0 Å². The van der Waals surface area contributed by atoms with Crippen molar-refractivity contribution in [3.05, 3.63) is 0 Å². The lowest BCUT2D eigenvalue weighted by molar-refractivity contribution is -0.273. The van der Waals surface area contributed by atoms with E-state index in [9.17, 15) is 14.7 Å². The Hall–Kier alpha value is -0.980. The highest BCUT2D eigenvalue weighted by molar-refractivity contribution is 5.89. The van der Waals surface area contributed by atoms with Gasteiger partial charge in [-0.15, -0.1) is 0 Å². The summed E-state index contributed by atoms with van der Waals surface area (Å²) in [7, 11) is 0. The molecule has 196 valence electrons. The van der Waals surface area contributed by atoms with Crippen LogP contribution in [-0.4, -0.2) is 47.1 Å². The lowest BCUT2D eigenvalue weighted by Gasteiger charge is -2.63. The van der Waals surface area contributed by atoms with Crippen molar-refractivity contribution in [2.24, 2.45) is 46.3 Å². The van der Waals surface area contributed by atoms with Gasteiger partial charge >= 0.3 is 5.97 Å². The van der Waals surface area contributed by atoms with Gasteiger partial charge in [-0.05, 0) is 73.5 Å². The number of carbonyl (C=O) groups excluding carboxylic acids is 2. The summed E-state index contributed by atoms with van der Waals surface area (Å²) in [5.41, 5.74) is -1.71. The number of Topliss-reactive ketones (excluding diaryl/α,β-unsaturated/α-hetero) is 1. The van der Waals surface area contributed by atoms with Crippen molar-refractivity contribution in [1.29, 1.82) is 0 Å². The third-order valence-electron chi connectivity index (χ3n) is 12.2. The van der Waals surface area contributed by atoms with Crippen molar-refractivity contribution in [3.63, 3.8) is 0 Å². The van der Waals surface area contributed by atoms with E-state index in [1.165, 1.54) is 6.92 Å². The predicted molar refractivity (Wildman–Crippen MR) is 129 cm³/mol. The molecule has 0 bridgehead atoms. The van der Waals surface area contributed by atoms with Crippen LogP contribution in [0.2, 0.25) is 0 Å². The molecule has 2 unspecified atom stereocenters. The summed E-state index contributed by atoms with van der Waals surface area (Å²) in [6, 6.07) is 0. The van der Waals surface area contributed by atoms with Crippen LogP contribution < -0.4 is 0 Å². The molecule has 6 nitrogen and oxygen atoms in total. The molecule has 35 heavy (non-hydrogen) atoms. The van der Waals surface area contributed by atoms with Crippen LogP contribution in [0.4, 0.5) is 0 Å². The Morgan fingerprint density at radius 3 is 2.54 bits per heavy atom. The zero-order valence-electron chi connectivity index (χ0n) is 22.2. The highest BCUT2D eigenvalue weighted by atomic mass is 16.7. The van der Waals surface area contributed by atoms with E-state index in [4.69, 9.17) is 14.2 Å². The van der Waals surface area contributed by atoms with Gasteiger partial charge < -0.3 is 19.3 Å². The Kier molecular flexibility index (Phi) is 5.41. The van der Waals surface area contributed by atoms with E-state index in [2.05, 4.69) is 27.7 Å². The molecule has 2 saturated heterocycles. The van der Waals surface area contributed by atoms with Crippen molar-refractivity contribution < 1.29 is 28.9 Å². The quantitative estimate of drug-likeness (QED) is 0.541. The van der Waals surface area contributed by atoms with Gasteiger partial charge in [-0.1, -0.05) is 27.7 Å². The predicted octanol–water partition coefficient (Wildman–Crippen LogP) is 4.66. The van der Waals surface area contributed by atoms with Gasteiger partial charge in [-0.25, -0.2) is 0 Å². The largest absolute Gasteiger partial charge is 0.462 e. The van der Waals surface area contributed by atoms with Crippen molar-refractivity contribution in [3.8, 4) is 0 Å². The van der Waals surface area contributed by atoms with E-state index in [0.717, 1.165) is 51.6 Å². The summed E-state index contributed by atoms with van der Waals surface area (Å²) in [6.45, 7) is 11.4. The number of esters is 1. The molecule has 2 heterocycles. The van der Waals surface area contributed by atoms with Crippen molar-refractivity contribution in [2.75, 3.05) is 6.61 Å². The number of aliphatic hydroxyl groups is 1. The van der Waals surface area contributed by atoms with Gasteiger partial charge in [0.2, 0.25) is 0 Å². The minimum atomic E-state index is -1.39. The molecule has 12 atom stereocenters. The molecule has 6 rings (SSSR count). The Morgan fingerprint density at radius 2 is 1.86 bits per heavy atom. The van der Waals surface area contributed by atoms with Gasteiger partial charge in [0.25, 0.3) is 0 Å². The minimum Gasteiger partial charge on any atom is -0.462 e. The van der Waals surface area contributed by atoms with Crippen LogP contribution >= 0.6 is 0 Å². The van der Waals surface area contributed by atoms with Gasteiger partial charge in [0.15, 0.2) is 11.6 Å². The Balaban J connectivity index is 1.26. The standard InChI is InChI=1S/C29H44O6/c1-16-6-11-29(33-15-16)17(2)25-23(35-29)13-22-20-12-24(31)28(32)14-19(34-18(3)30)7-10-27(28,5)21(20)8-9-26(22,25)4/h16-17,19-23,25,32H,6-15H2,1-5H3/t16-,17+,19-,20-,21?,22?,23+,25+,26+,27-,28+,29-/m1/s1. The molecule has 2 aliphatic heterocycles. The van der Waals surface area contributed by atoms with Crippen molar-refractivity contribution in [2.45, 2.75) is 116 Å². The van der Waals surface area contributed by atoms with Crippen LogP contribution in [-0.2, 0) is 23.8 Å². The molecule has 6 fully saturated rings. The first kappa shape index (κ1) is 24.4. The van der Waals surface area contributed by atoms with Crippen molar-refractivity contribution >= 4 is 11.8 Å². The van der Waals surface area contributed by atoms with Gasteiger partial charge in [-0.3, -0.25) is 9.59 Å². The Bertz CT molecular complexity index is 909. The number of ketones is 1. The molecule has 1 N–H and O–H groups in total. The Morgan fingerprint density at radius 1 is 1.09 bits per heavy atom. The molecule has 0 aromatic carbocycles. The summed E-state index contributed by atoms with van der Waals surface area (Å²) in [6.07, 6.45) is 7.30. The number of rotatable bonds is 1. The van der Waals surface area contributed by atoms with Crippen LogP contribution in [0.1, 0.15) is 92.4 Å². The fourth-order valence-corrected chi connectivity index (χ4v) is 10.4. The van der Waals surface area contributed by atoms with E-state index in [-0.39, 0.29) is 35.8 Å². The van der Waals surface area contributed by atoms with E-state index < -0.39 is 16.8 Å². The van der Waals surface area contributed by atoms with E-state index in [1.807, 2.05) is 0 Å². The molecule has 1 spiro atoms. The van der Waals surface area contributed by atoms with Gasteiger partial charge in [0.1, 0.15) is 11.7 Å². The fraction of sp³-hybridized carbons (Fsp3) is 0.931. The summed E-state index contributed by atoms with van der Waals surface area (Å²) in [5.74, 6) is 1.68. The maximum Gasteiger partial charge on any atom is 0.302 e. The van der Waals surface area contributed by atoms with Crippen LogP contribution in [0.3, 0.4) is 0 Å². The molecular formula is C29H44O6. The highest BCUT2D eigenvalue weighted by Gasteiger charge is 2.72. The molecule has 0 aromatic rings. The molecular weight excluding hydrogens is 444 g/mol. The maximum absolute atomic E-state index is 13.7. The Labute approximate surface area is 209 Å². The highest BCUT2D eigenvalue weighted by Crippen LogP contribution is 2.71. The topological polar surface area (TPSA) is 82.1 Å². The third kappa shape index (κ3) is 3.18. The summed E-state index contributed by atoms with van der Waals surface area (Å²) >= 11 is 0. The van der Waals surface area contributed by atoms with Crippen LogP contribution in [0, 0.1) is 46.3 Å². The second kappa shape index (κ2) is 7.77. The average molecular weight is 489 g/mol. The minimum absolute atomic E-state index is 0.0329. The SMILES string of the molecule is CC(=O)O[C@@H]1CC[C@]2(C)C3CC[C@@]4(C)C(C[C@@H]5O[C@]6(CC[C@@H](C)CO6)[C@@H](C)[C@@H]54)[C@@H]3CC(=O)[C@@]2(O)C1. The summed E-state index contributed by atoms with van der Waals surface area (Å²) in [4.78, 5) is 25.2. The monoisotopic (exact) mass is 488 g/mol. The first-order valence-electron chi connectivity index (χ1n) is 14.2. The number of carbonyl (C=O) groups is 2. The first-order valence-corrected chi connectivity index (χ1v) is 14.2. The number of fused-ring (bicyclic) bond motifs is 7. The molecule has 4 saturated carbocycles. The van der Waals surface area contributed by atoms with Crippen LogP contribution in [0.15, 0.2) is 0 Å².